The smallest absolute Gasteiger partial charge is 0.130 e. The van der Waals surface area contributed by atoms with Crippen LogP contribution in [-0.4, -0.2) is 0 Å². The van der Waals surface area contributed by atoms with Crippen molar-refractivity contribution in [2.75, 3.05) is 0 Å². The minimum Gasteiger partial charge on any atom is -0.318 e. The molecule has 1 atom stereocenters. The molecule has 1 nitrogen and oxygen atoms in total. The van der Waals surface area contributed by atoms with E-state index < -0.39 is 11.4 Å². The van der Waals surface area contributed by atoms with Gasteiger partial charge in [-0.3, -0.25) is 0 Å². The van der Waals surface area contributed by atoms with Crippen molar-refractivity contribution < 1.29 is 4.39 Å². The molecule has 3 heteroatoms. The molecule has 1 unspecified atom stereocenters. The van der Waals surface area contributed by atoms with Gasteiger partial charge in [0.2, 0.25) is 0 Å². The van der Waals surface area contributed by atoms with Crippen molar-refractivity contribution in [1.29, 1.82) is 0 Å². The van der Waals surface area contributed by atoms with Crippen molar-refractivity contribution in [3.8, 4) is 0 Å². The van der Waals surface area contributed by atoms with E-state index in [0.717, 1.165) is 0 Å². The molecule has 0 aliphatic carbocycles. The zero-order valence-electron chi connectivity index (χ0n) is 7.35. The molecule has 0 heterocycles. The van der Waals surface area contributed by atoms with Crippen LogP contribution in [0.3, 0.4) is 0 Å². The van der Waals surface area contributed by atoms with Crippen LogP contribution < -0.4 is 5.73 Å². The Kier molecular flexibility index (Phi) is 2.74. The maximum Gasteiger partial charge on any atom is 0.130 e. The zero-order valence-corrected chi connectivity index (χ0v) is 8.11. The summed E-state index contributed by atoms with van der Waals surface area (Å²) >= 11 is 5.83. The number of halogens is 2. The number of hydrogen-bond acceptors (Lipinski definition) is 1. The first-order chi connectivity index (χ1) is 5.99. The first-order valence-corrected chi connectivity index (χ1v) is 4.24. The third-order valence-corrected chi connectivity index (χ3v) is 2.24. The fourth-order valence-corrected chi connectivity index (χ4v) is 1.48. The predicted octanol–water partition coefficient (Wildman–Crippen LogP) is 2.84. The molecule has 0 bridgehead atoms. The van der Waals surface area contributed by atoms with Gasteiger partial charge >= 0.3 is 0 Å². The largest absolute Gasteiger partial charge is 0.318 e. The van der Waals surface area contributed by atoms with Gasteiger partial charge < -0.3 is 5.73 Å². The van der Waals surface area contributed by atoms with Gasteiger partial charge in [-0.1, -0.05) is 23.7 Å². The van der Waals surface area contributed by atoms with Crippen LogP contribution in [0.4, 0.5) is 4.39 Å². The Labute approximate surface area is 82.0 Å². The fraction of sp³-hybridized carbons (Fsp3) is 0.200. The van der Waals surface area contributed by atoms with Gasteiger partial charge in [0.1, 0.15) is 5.82 Å². The van der Waals surface area contributed by atoms with E-state index in [1.807, 2.05) is 0 Å². The van der Waals surface area contributed by atoms with E-state index in [4.69, 9.17) is 17.3 Å². The molecular formula is C10H11ClFN. The van der Waals surface area contributed by atoms with Crippen molar-refractivity contribution in [2.45, 2.75) is 12.5 Å². The van der Waals surface area contributed by atoms with Gasteiger partial charge in [-0.05, 0) is 19.1 Å². The second-order valence-electron chi connectivity index (χ2n) is 3.08. The normalized spacial score (nSPS) is 15.1. The van der Waals surface area contributed by atoms with Gasteiger partial charge in [0.05, 0.1) is 5.54 Å². The molecule has 0 saturated heterocycles. The summed E-state index contributed by atoms with van der Waals surface area (Å²) in [5.74, 6) is -0.405. The average Bonchev–Trinajstić information content (AvgIpc) is 2.03. The van der Waals surface area contributed by atoms with Crippen molar-refractivity contribution in [1.82, 2.24) is 0 Å². The lowest BCUT2D eigenvalue weighted by Crippen LogP contribution is -2.31. The summed E-state index contributed by atoms with van der Waals surface area (Å²) in [5, 5.41) is 0.324. The average molecular weight is 200 g/mol. The molecular weight excluding hydrogens is 189 g/mol. The molecule has 13 heavy (non-hydrogen) atoms. The number of hydrogen-bond donors (Lipinski definition) is 1. The van der Waals surface area contributed by atoms with E-state index in [-0.39, 0.29) is 5.56 Å². The maximum absolute atomic E-state index is 13.3. The van der Waals surface area contributed by atoms with E-state index in [1.165, 1.54) is 12.1 Å². The molecule has 2 N–H and O–H groups in total. The van der Waals surface area contributed by atoms with Crippen LogP contribution in [-0.2, 0) is 5.54 Å². The van der Waals surface area contributed by atoms with Crippen molar-refractivity contribution >= 4 is 11.6 Å². The van der Waals surface area contributed by atoms with Crippen molar-refractivity contribution in [3.05, 3.63) is 47.3 Å². The Bertz CT molecular complexity index is 313. The van der Waals surface area contributed by atoms with Crippen LogP contribution in [0, 0.1) is 5.82 Å². The number of rotatable bonds is 2. The van der Waals surface area contributed by atoms with Gasteiger partial charge in [0.15, 0.2) is 0 Å². The minimum atomic E-state index is -0.928. The summed E-state index contributed by atoms with van der Waals surface area (Å²) in [4.78, 5) is 0. The lowest BCUT2D eigenvalue weighted by molar-refractivity contribution is 0.544. The summed E-state index contributed by atoms with van der Waals surface area (Å²) in [7, 11) is 0. The van der Waals surface area contributed by atoms with Gasteiger partial charge in [0.25, 0.3) is 0 Å². The van der Waals surface area contributed by atoms with Crippen LogP contribution in [0.2, 0.25) is 5.02 Å². The molecule has 70 valence electrons. The Morgan fingerprint density at radius 2 is 2.23 bits per heavy atom. The molecule has 0 aliphatic heterocycles. The van der Waals surface area contributed by atoms with E-state index in [0.29, 0.717) is 5.02 Å². The van der Waals surface area contributed by atoms with Gasteiger partial charge in [-0.2, -0.15) is 0 Å². The molecule has 0 fully saturated rings. The van der Waals surface area contributed by atoms with E-state index in [2.05, 4.69) is 6.58 Å². The Morgan fingerprint density at radius 3 is 2.69 bits per heavy atom. The highest BCUT2D eigenvalue weighted by molar-refractivity contribution is 6.31. The summed E-state index contributed by atoms with van der Waals surface area (Å²) in [5.41, 5.74) is 5.15. The molecule has 0 saturated carbocycles. The second kappa shape index (κ2) is 3.48. The molecule has 1 aromatic carbocycles. The van der Waals surface area contributed by atoms with Gasteiger partial charge in [-0.15, -0.1) is 6.58 Å². The number of nitrogens with two attached hydrogens (primary N) is 1. The lowest BCUT2D eigenvalue weighted by Gasteiger charge is -2.22. The quantitative estimate of drug-likeness (QED) is 0.729. The third-order valence-electron chi connectivity index (χ3n) is 1.93. The predicted molar refractivity (Wildman–Crippen MR) is 53.1 cm³/mol. The topological polar surface area (TPSA) is 26.0 Å². The molecule has 0 spiro atoms. The molecule has 1 aromatic rings. The molecule has 0 aromatic heterocycles. The van der Waals surface area contributed by atoms with Crippen LogP contribution >= 0.6 is 11.6 Å². The molecule has 1 rings (SSSR count). The highest BCUT2D eigenvalue weighted by atomic mass is 35.5. The lowest BCUT2D eigenvalue weighted by atomic mass is 9.93. The summed E-state index contributed by atoms with van der Waals surface area (Å²) < 4.78 is 13.3. The van der Waals surface area contributed by atoms with Gasteiger partial charge in [0, 0.05) is 10.6 Å². The standard InChI is InChI=1S/C10H11ClFN/c1-3-10(2,13)9-7(11)5-4-6-8(9)12/h3-6H,1,13H2,2H3. The third kappa shape index (κ3) is 1.90. The minimum absolute atomic E-state index is 0.284. The highest BCUT2D eigenvalue weighted by Gasteiger charge is 2.23. The van der Waals surface area contributed by atoms with Crippen LogP contribution in [0.5, 0.6) is 0 Å². The molecule has 0 radical (unpaired) electrons. The molecule has 0 amide bonds. The first-order valence-electron chi connectivity index (χ1n) is 3.86. The maximum atomic E-state index is 13.3. The Morgan fingerprint density at radius 1 is 1.62 bits per heavy atom. The highest BCUT2D eigenvalue weighted by Crippen LogP contribution is 2.29. The number of benzene rings is 1. The van der Waals surface area contributed by atoms with Crippen molar-refractivity contribution in [3.63, 3.8) is 0 Å². The monoisotopic (exact) mass is 199 g/mol. The molecule has 0 aliphatic rings. The van der Waals surface area contributed by atoms with Crippen LogP contribution in [0.1, 0.15) is 12.5 Å². The zero-order chi connectivity index (χ0) is 10.1. The summed E-state index contributed by atoms with van der Waals surface area (Å²) in [6.45, 7) is 5.20. The van der Waals surface area contributed by atoms with E-state index in [1.54, 1.807) is 19.1 Å². The van der Waals surface area contributed by atoms with E-state index >= 15 is 0 Å². The van der Waals surface area contributed by atoms with Crippen LogP contribution in [0.15, 0.2) is 30.9 Å². The van der Waals surface area contributed by atoms with Crippen LogP contribution in [0.25, 0.3) is 0 Å². The van der Waals surface area contributed by atoms with Gasteiger partial charge in [-0.25, -0.2) is 4.39 Å². The Hall–Kier alpha value is -0.860. The summed E-state index contributed by atoms with van der Waals surface area (Å²) in [6, 6.07) is 4.48. The fourth-order valence-electron chi connectivity index (χ4n) is 1.11. The second-order valence-corrected chi connectivity index (χ2v) is 3.49. The van der Waals surface area contributed by atoms with Crippen molar-refractivity contribution in [2.24, 2.45) is 5.73 Å². The summed E-state index contributed by atoms with van der Waals surface area (Å²) in [6.07, 6.45) is 1.47. The van der Waals surface area contributed by atoms with E-state index in [9.17, 15) is 4.39 Å². The Balaban J connectivity index is 3.36. The first kappa shape index (κ1) is 10.2. The SMILES string of the molecule is C=CC(C)(N)c1c(F)cccc1Cl.